The molecule has 2 unspecified atom stereocenters. The first-order chi connectivity index (χ1) is 10.4. The number of nitrogens with one attached hydrogen (secondary N) is 1. The fraction of sp³-hybridized carbons (Fsp3) is 0.529. The Balaban J connectivity index is 2.32. The Labute approximate surface area is 136 Å². The first-order valence-corrected chi connectivity index (χ1v) is 8.69. The lowest BCUT2D eigenvalue weighted by Gasteiger charge is -2.32. The van der Waals surface area contributed by atoms with Gasteiger partial charge in [0.1, 0.15) is 11.4 Å². The Hall–Kier alpha value is -1.49. The highest BCUT2D eigenvalue weighted by atomic mass is 32.2. The van der Waals surface area contributed by atoms with Gasteiger partial charge in [0.05, 0.1) is 5.75 Å². The molecule has 120 valence electrons. The van der Waals surface area contributed by atoms with Crippen LogP contribution in [0.1, 0.15) is 36.8 Å². The molecule has 0 aromatic heterocycles. The van der Waals surface area contributed by atoms with E-state index in [-0.39, 0.29) is 17.2 Å². The van der Waals surface area contributed by atoms with Gasteiger partial charge in [-0.05, 0) is 24.8 Å². The summed E-state index contributed by atoms with van der Waals surface area (Å²) in [5.74, 6) is 0.746. The largest absolute Gasteiger partial charge is 0.357 e. The second-order valence-corrected chi connectivity index (χ2v) is 7.20. The van der Waals surface area contributed by atoms with Crippen molar-refractivity contribution < 1.29 is 9.59 Å². The molecule has 2 rings (SSSR count). The molecule has 5 heteroatoms. The van der Waals surface area contributed by atoms with Crippen LogP contribution in [0.25, 0.3) is 0 Å². The van der Waals surface area contributed by atoms with Crippen molar-refractivity contribution in [2.75, 3.05) is 12.8 Å². The average molecular weight is 320 g/mol. The van der Waals surface area contributed by atoms with Crippen molar-refractivity contribution in [2.45, 2.75) is 38.6 Å². The molecular formula is C17H24N2O2S. The van der Waals surface area contributed by atoms with E-state index in [1.807, 2.05) is 19.1 Å². The number of rotatable bonds is 5. The van der Waals surface area contributed by atoms with Crippen molar-refractivity contribution in [3.8, 4) is 0 Å². The zero-order valence-electron chi connectivity index (χ0n) is 13.6. The van der Waals surface area contributed by atoms with Gasteiger partial charge in [0.25, 0.3) is 0 Å². The average Bonchev–Trinajstić information content (AvgIpc) is 2.86. The van der Waals surface area contributed by atoms with Crippen LogP contribution >= 0.6 is 11.8 Å². The predicted molar refractivity (Wildman–Crippen MR) is 90.5 cm³/mol. The van der Waals surface area contributed by atoms with Gasteiger partial charge in [0, 0.05) is 7.05 Å². The van der Waals surface area contributed by atoms with E-state index in [1.165, 1.54) is 5.56 Å². The Morgan fingerprint density at radius 2 is 2.00 bits per heavy atom. The summed E-state index contributed by atoms with van der Waals surface area (Å²) >= 11 is 1.60. The maximum Gasteiger partial charge on any atom is 0.242 e. The number of hydrogen-bond donors (Lipinski definition) is 1. The SMILES string of the molecule is CNC(=O)C(CC(C)C)N1C(=O)CSC1c1ccc(C)cc1. The lowest BCUT2D eigenvalue weighted by atomic mass is 10.0. The molecule has 1 heterocycles. The zero-order valence-corrected chi connectivity index (χ0v) is 14.4. The quantitative estimate of drug-likeness (QED) is 0.907. The van der Waals surface area contributed by atoms with E-state index in [0.717, 1.165) is 5.56 Å². The molecule has 0 bridgehead atoms. The van der Waals surface area contributed by atoms with Crippen LogP contribution in [0.5, 0.6) is 0 Å². The van der Waals surface area contributed by atoms with E-state index in [9.17, 15) is 9.59 Å². The fourth-order valence-electron chi connectivity index (χ4n) is 2.72. The number of hydrogen-bond acceptors (Lipinski definition) is 3. The molecule has 1 N–H and O–H groups in total. The van der Waals surface area contributed by atoms with Gasteiger partial charge in [-0.25, -0.2) is 0 Å². The van der Waals surface area contributed by atoms with Gasteiger partial charge in [-0.1, -0.05) is 43.7 Å². The Kier molecular flexibility index (Phi) is 5.51. The summed E-state index contributed by atoms with van der Waals surface area (Å²) in [6, 6.07) is 7.80. The molecule has 1 aliphatic rings. The smallest absolute Gasteiger partial charge is 0.242 e. The molecule has 0 aliphatic carbocycles. The summed E-state index contributed by atoms with van der Waals surface area (Å²) in [6.45, 7) is 6.19. The molecule has 1 fully saturated rings. The highest BCUT2D eigenvalue weighted by molar-refractivity contribution is 8.00. The number of benzene rings is 1. The molecule has 1 aromatic rings. The number of aryl methyl sites for hydroxylation is 1. The summed E-state index contributed by atoms with van der Waals surface area (Å²) in [4.78, 5) is 26.5. The van der Waals surface area contributed by atoms with E-state index in [1.54, 1.807) is 23.7 Å². The van der Waals surface area contributed by atoms with Crippen molar-refractivity contribution in [3.63, 3.8) is 0 Å². The molecule has 0 spiro atoms. The number of amides is 2. The summed E-state index contributed by atoms with van der Waals surface area (Å²) in [5.41, 5.74) is 2.27. The van der Waals surface area contributed by atoms with E-state index in [4.69, 9.17) is 0 Å². The minimum Gasteiger partial charge on any atom is -0.357 e. The number of nitrogens with zero attached hydrogens (tertiary/aromatic N) is 1. The molecule has 1 aliphatic heterocycles. The Bertz CT molecular complexity index is 542. The molecule has 2 atom stereocenters. The molecular weight excluding hydrogens is 296 g/mol. The molecule has 4 nitrogen and oxygen atoms in total. The molecule has 1 aromatic carbocycles. The molecule has 22 heavy (non-hydrogen) atoms. The van der Waals surface area contributed by atoms with Crippen LogP contribution in [0.15, 0.2) is 24.3 Å². The van der Waals surface area contributed by atoms with Gasteiger partial charge in [0.2, 0.25) is 11.8 Å². The third kappa shape index (κ3) is 3.64. The zero-order chi connectivity index (χ0) is 16.3. The second-order valence-electron chi connectivity index (χ2n) is 6.13. The minimum absolute atomic E-state index is 0.0461. The highest BCUT2D eigenvalue weighted by Crippen LogP contribution is 2.41. The standard InChI is InChI=1S/C17H24N2O2S/c1-11(2)9-14(16(21)18-4)19-15(20)10-22-17(19)13-7-5-12(3)6-8-13/h5-8,11,14,17H,9-10H2,1-4H3,(H,18,21). The van der Waals surface area contributed by atoms with Gasteiger partial charge in [0.15, 0.2) is 0 Å². The Morgan fingerprint density at radius 3 is 2.55 bits per heavy atom. The maximum absolute atomic E-state index is 12.4. The van der Waals surface area contributed by atoms with Crippen LogP contribution in [-0.2, 0) is 9.59 Å². The third-order valence-electron chi connectivity index (χ3n) is 3.85. The van der Waals surface area contributed by atoms with Crippen LogP contribution in [0.2, 0.25) is 0 Å². The van der Waals surface area contributed by atoms with Crippen LogP contribution in [0.3, 0.4) is 0 Å². The van der Waals surface area contributed by atoms with Crippen molar-refractivity contribution >= 4 is 23.6 Å². The van der Waals surface area contributed by atoms with Crippen molar-refractivity contribution in [1.29, 1.82) is 0 Å². The first kappa shape index (κ1) is 16.9. The van der Waals surface area contributed by atoms with Crippen LogP contribution in [0.4, 0.5) is 0 Å². The predicted octanol–water partition coefficient (Wildman–Crippen LogP) is 2.73. The normalized spacial score (nSPS) is 19.6. The number of carbonyl (C=O) groups is 2. The van der Waals surface area contributed by atoms with Crippen LogP contribution in [0, 0.1) is 12.8 Å². The molecule has 2 amide bonds. The summed E-state index contributed by atoms with van der Waals surface area (Å²) in [7, 11) is 1.63. The van der Waals surface area contributed by atoms with Crippen LogP contribution in [-0.4, -0.2) is 35.6 Å². The molecule has 0 radical (unpaired) electrons. The van der Waals surface area contributed by atoms with Crippen molar-refractivity contribution in [1.82, 2.24) is 10.2 Å². The first-order valence-electron chi connectivity index (χ1n) is 7.65. The maximum atomic E-state index is 12.4. The van der Waals surface area contributed by atoms with Gasteiger partial charge in [-0.15, -0.1) is 11.8 Å². The van der Waals surface area contributed by atoms with Gasteiger partial charge >= 0.3 is 0 Å². The monoisotopic (exact) mass is 320 g/mol. The lowest BCUT2D eigenvalue weighted by molar-refractivity contribution is -0.139. The molecule has 1 saturated heterocycles. The summed E-state index contributed by atoms with van der Waals surface area (Å²) in [6.07, 6.45) is 0.675. The van der Waals surface area contributed by atoms with Crippen molar-refractivity contribution in [2.24, 2.45) is 5.92 Å². The van der Waals surface area contributed by atoms with Gasteiger partial charge in [-0.3, -0.25) is 9.59 Å². The van der Waals surface area contributed by atoms with E-state index >= 15 is 0 Å². The lowest BCUT2D eigenvalue weighted by Crippen LogP contribution is -2.48. The number of thioether (sulfide) groups is 1. The van der Waals surface area contributed by atoms with Gasteiger partial charge in [-0.2, -0.15) is 0 Å². The minimum atomic E-state index is -0.404. The van der Waals surface area contributed by atoms with E-state index in [0.29, 0.717) is 18.1 Å². The molecule has 0 saturated carbocycles. The topological polar surface area (TPSA) is 49.4 Å². The van der Waals surface area contributed by atoms with E-state index < -0.39 is 6.04 Å². The summed E-state index contributed by atoms with van der Waals surface area (Å²) in [5, 5.41) is 2.63. The highest BCUT2D eigenvalue weighted by Gasteiger charge is 2.40. The van der Waals surface area contributed by atoms with E-state index in [2.05, 4.69) is 31.3 Å². The van der Waals surface area contributed by atoms with Crippen LogP contribution < -0.4 is 5.32 Å². The Morgan fingerprint density at radius 1 is 1.36 bits per heavy atom. The summed E-state index contributed by atoms with van der Waals surface area (Å²) < 4.78 is 0. The number of likely N-dealkylation sites (N-methyl/N-ethyl adjacent to an activating group) is 1. The second kappa shape index (κ2) is 7.18. The van der Waals surface area contributed by atoms with Gasteiger partial charge < -0.3 is 10.2 Å². The third-order valence-corrected chi connectivity index (χ3v) is 5.08. The number of carbonyl (C=O) groups excluding carboxylic acids is 2. The fourth-order valence-corrected chi connectivity index (χ4v) is 3.95. The van der Waals surface area contributed by atoms with Crippen molar-refractivity contribution in [3.05, 3.63) is 35.4 Å².